The third-order valence-corrected chi connectivity index (χ3v) is 6.08. The van der Waals surface area contributed by atoms with Gasteiger partial charge in [0.05, 0.1) is 10.6 Å². The number of hydrogen-bond acceptors (Lipinski definition) is 7. The number of likely N-dealkylation sites (tertiary alicyclic amines) is 1. The van der Waals surface area contributed by atoms with Gasteiger partial charge in [-0.25, -0.2) is 18.4 Å². The van der Waals surface area contributed by atoms with Crippen molar-refractivity contribution >= 4 is 21.6 Å². The minimum Gasteiger partial charge on any atom is -0.298 e. The predicted molar refractivity (Wildman–Crippen MR) is 98.4 cm³/mol. The van der Waals surface area contributed by atoms with Crippen molar-refractivity contribution in [3.05, 3.63) is 42.0 Å². The molecule has 134 valence electrons. The molecule has 3 rings (SSSR count). The normalized spacial score (nSPS) is 19.0. The summed E-state index contributed by atoms with van der Waals surface area (Å²) in [6.45, 7) is 2.55. The van der Waals surface area contributed by atoms with Crippen molar-refractivity contribution < 1.29 is 8.42 Å². The molecule has 0 bridgehead atoms. The molecule has 0 radical (unpaired) electrons. The van der Waals surface area contributed by atoms with E-state index in [-0.39, 0.29) is 5.92 Å². The highest BCUT2D eigenvalue weighted by Gasteiger charge is 2.27. The zero-order valence-corrected chi connectivity index (χ0v) is 16.1. The van der Waals surface area contributed by atoms with Crippen molar-refractivity contribution in [2.24, 2.45) is 0 Å². The molecule has 1 aliphatic rings. The molecule has 25 heavy (non-hydrogen) atoms. The smallest absolute Gasteiger partial charge is 0.187 e. The van der Waals surface area contributed by atoms with Gasteiger partial charge in [-0.2, -0.15) is 0 Å². The first-order valence-corrected chi connectivity index (χ1v) is 11.3. The van der Waals surface area contributed by atoms with Gasteiger partial charge in [-0.05, 0) is 37.8 Å². The monoisotopic (exact) mass is 378 g/mol. The number of aromatic nitrogens is 3. The van der Waals surface area contributed by atoms with Crippen molar-refractivity contribution in [1.82, 2.24) is 19.9 Å². The SMILES string of the molecule is CSc1ncc(CN2CCCC(c3ncccc3S(C)(=O)=O)C2)cn1. The molecule has 1 fully saturated rings. The second kappa shape index (κ2) is 7.80. The van der Waals surface area contributed by atoms with Crippen molar-refractivity contribution in [2.45, 2.75) is 35.4 Å². The minimum absolute atomic E-state index is 0.131. The quantitative estimate of drug-likeness (QED) is 0.584. The van der Waals surface area contributed by atoms with E-state index in [1.807, 2.05) is 18.6 Å². The largest absolute Gasteiger partial charge is 0.298 e. The van der Waals surface area contributed by atoms with Crippen LogP contribution < -0.4 is 0 Å². The first-order valence-electron chi connectivity index (χ1n) is 8.19. The van der Waals surface area contributed by atoms with Crippen LogP contribution >= 0.6 is 11.8 Å². The number of rotatable bonds is 5. The molecule has 1 aliphatic heterocycles. The van der Waals surface area contributed by atoms with Gasteiger partial charge in [0.15, 0.2) is 15.0 Å². The Labute approximate surface area is 153 Å². The molecule has 2 aromatic heterocycles. The lowest BCUT2D eigenvalue weighted by atomic mass is 9.94. The first-order chi connectivity index (χ1) is 12.0. The highest BCUT2D eigenvalue weighted by atomic mass is 32.2. The van der Waals surface area contributed by atoms with Gasteiger partial charge in [-0.1, -0.05) is 11.8 Å². The number of piperidine rings is 1. The van der Waals surface area contributed by atoms with E-state index in [9.17, 15) is 8.42 Å². The van der Waals surface area contributed by atoms with Crippen LogP contribution in [-0.2, 0) is 16.4 Å². The topological polar surface area (TPSA) is 76.1 Å². The number of nitrogens with zero attached hydrogens (tertiary/aromatic N) is 4. The summed E-state index contributed by atoms with van der Waals surface area (Å²) in [4.78, 5) is 15.7. The second-order valence-electron chi connectivity index (χ2n) is 6.31. The summed E-state index contributed by atoms with van der Waals surface area (Å²) in [6.07, 6.45) is 10.6. The lowest BCUT2D eigenvalue weighted by Gasteiger charge is -2.32. The van der Waals surface area contributed by atoms with Crippen LogP contribution in [-0.4, -0.2) is 53.9 Å². The summed E-state index contributed by atoms with van der Waals surface area (Å²) < 4.78 is 24.1. The van der Waals surface area contributed by atoms with E-state index in [0.29, 0.717) is 10.6 Å². The maximum Gasteiger partial charge on any atom is 0.187 e. The molecule has 1 saturated heterocycles. The van der Waals surface area contributed by atoms with E-state index in [4.69, 9.17) is 0 Å². The second-order valence-corrected chi connectivity index (χ2v) is 9.07. The van der Waals surface area contributed by atoms with E-state index < -0.39 is 9.84 Å². The Morgan fingerprint density at radius 2 is 2.04 bits per heavy atom. The Kier molecular flexibility index (Phi) is 5.71. The molecular formula is C17H22N4O2S2. The molecule has 0 amide bonds. The van der Waals surface area contributed by atoms with Crippen molar-refractivity contribution in [3.8, 4) is 0 Å². The summed E-state index contributed by atoms with van der Waals surface area (Å²) in [7, 11) is -3.27. The van der Waals surface area contributed by atoms with E-state index in [1.165, 1.54) is 18.0 Å². The molecule has 2 aromatic rings. The summed E-state index contributed by atoms with van der Waals surface area (Å²) in [6, 6.07) is 3.34. The van der Waals surface area contributed by atoms with Gasteiger partial charge >= 0.3 is 0 Å². The van der Waals surface area contributed by atoms with Crippen molar-refractivity contribution in [1.29, 1.82) is 0 Å². The molecule has 0 saturated carbocycles. The van der Waals surface area contributed by atoms with Crippen LogP contribution in [0.15, 0.2) is 40.8 Å². The third kappa shape index (κ3) is 4.56. The number of thioether (sulfide) groups is 1. The van der Waals surface area contributed by atoms with Crippen LogP contribution in [0.25, 0.3) is 0 Å². The highest BCUT2D eigenvalue weighted by Crippen LogP contribution is 2.30. The fraction of sp³-hybridized carbons (Fsp3) is 0.471. The lowest BCUT2D eigenvalue weighted by Crippen LogP contribution is -2.34. The molecule has 0 aromatic carbocycles. The van der Waals surface area contributed by atoms with Crippen LogP contribution in [0.5, 0.6) is 0 Å². The van der Waals surface area contributed by atoms with Crippen LogP contribution in [0.3, 0.4) is 0 Å². The van der Waals surface area contributed by atoms with Crippen LogP contribution in [0.4, 0.5) is 0 Å². The molecule has 0 N–H and O–H groups in total. The Balaban J connectivity index is 1.75. The number of hydrogen-bond donors (Lipinski definition) is 0. The van der Waals surface area contributed by atoms with Gasteiger partial charge in [0.2, 0.25) is 0 Å². The van der Waals surface area contributed by atoms with Gasteiger partial charge in [-0.15, -0.1) is 0 Å². The fourth-order valence-electron chi connectivity index (χ4n) is 3.23. The van der Waals surface area contributed by atoms with E-state index in [1.54, 1.807) is 18.3 Å². The molecular weight excluding hydrogens is 356 g/mol. The third-order valence-electron chi connectivity index (χ3n) is 4.36. The summed E-state index contributed by atoms with van der Waals surface area (Å²) in [5.41, 5.74) is 1.77. The van der Waals surface area contributed by atoms with Crippen molar-refractivity contribution in [3.63, 3.8) is 0 Å². The zero-order chi connectivity index (χ0) is 17.9. The predicted octanol–water partition coefficient (Wildman–Crippen LogP) is 2.38. The molecule has 0 aliphatic carbocycles. The van der Waals surface area contributed by atoms with E-state index in [2.05, 4.69) is 19.9 Å². The summed E-state index contributed by atoms with van der Waals surface area (Å²) >= 11 is 1.52. The van der Waals surface area contributed by atoms with E-state index >= 15 is 0 Å². The van der Waals surface area contributed by atoms with Gasteiger partial charge in [0.25, 0.3) is 0 Å². The van der Waals surface area contributed by atoms with Gasteiger partial charge in [0, 0.05) is 49.4 Å². The van der Waals surface area contributed by atoms with Gasteiger partial charge in [-0.3, -0.25) is 9.88 Å². The Hall–Kier alpha value is -1.51. The first kappa shape index (κ1) is 18.3. The van der Waals surface area contributed by atoms with Crippen molar-refractivity contribution in [2.75, 3.05) is 25.6 Å². The maximum atomic E-state index is 12.1. The minimum atomic E-state index is -3.27. The average molecular weight is 379 g/mol. The standard InChI is InChI=1S/C17H22N4O2S2/c1-24-17-19-9-13(10-20-17)11-21-8-4-5-14(12-21)16-15(25(2,22)23)6-3-7-18-16/h3,6-7,9-10,14H,4-5,8,11-12H2,1-2H3. The number of pyridine rings is 1. The van der Waals surface area contributed by atoms with Gasteiger partial charge in [0.1, 0.15) is 0 Å². The lowest BCUT2D eigenvalue weighted by molar-refractivity contribution is 0.197. The summed E-state index contributed by atoms with van der Waals surface area (Å²) in [5, 5.41) is 0.770. The Bertz CT molecular complexity index is 825. The highest BCUT2D eigenvalue weighted by molar-refractivity contribution is 7.98. The number of sulfone groups is 1. The Morgan fingerprint density at radius 1 is 1.28 bits per heavy atom. The Morgan fingerprint density at radius 3 is 2.72 bits per heavy atom. The van der Waals surface area contributed by atoms with E-state index in [0.717, 1.165) is 43.2 Å². The maximum absolute atomic E-state index is 12.1. The average Bonchev–Trinajstić information content (AvgIpc) is 2.62. The van der Waals surface area contributed by atoms with Crippen LogP contribution in [0.2, 0.25) is 0 Å². The molecule has 0 spiro atoms. The van der Waals surface area contributed by atoms with Crippen LogP contribution in [0.1, 0.15) is 30.0 Å². The van der Waals surface area contributed by atoms with Gasteiger partial charge < -0.3 is 0 Å². The van der Waals surface area contributed by atoms with Crippen LogP contribution in [0, 0.1) is 0 Å². The molecule has 6 nitrogen and oxygen atoms in total. The zero-order valence-electron chi connectivity index (χ0n) is 14.4. The molecule has 8 heteroatoms. The summed E-state index contributed by atoms with van der Waals surface area (Å²) in [5.74, 6) is 0.131. The molecule has 1 unspecified atom stereocenters. The fourth-order valence-corrected chi connectivity index (χ4v) is 4.47. The molecule has 1 atom stereocenters. The molecule has 3 heterocycles.